The zero-order valence-corrected chi connectivity index (χ0v) is 6.94. The standard InChI is InChI=1S/C6H10N2O2S/c1-6(7)8-4(3-11-6)2-5(9)10/h3,8H,2,7H2,1H3,(H,9,10). The molecule has 1 heterocycles. The summed E-state index contributed by atoms with van der Waals surface area (Å²) in [6.45, 7) is 1.79. The molecule has 5 heteroatoms. The molecule has 0 aromatic carbocycles. The summed E-state index contributed by atoms with van der Waals surface area (Å²) in [5.41, 5.74) is 6.32. The SMILES string of the molecule is CC1(N)NC(CC(=O)O)=CS1. The minimum Gasteiger partial charge on any atom is -0.481 e. The highest BCUT2D eigenvalue weighted by atomic mass is 32.2. The first-order valence-corrected chi connectivity index (χ1v) is 4.03. The van der Waals surface area contributed by atoms with E-state index in [1.165, 1.54) is 11.8 Å². The molecule has 1 aliphatic rings. The van der Waals surface area contributed by atoms with Crippen molar-refractivity contribution in [3.8, 4) is 0 Å². The van der Waals surface area contributed by atoms with Crippen LogP contribution in [0.25, 0.3) is 0 Å². The lowest BCUT2D eigenvalue weighted by Gasteiger charge is -2.18. The van der Waals surface area contributed by atoms with Crippen LogP contribution in [-0.4, -0.2) is 16.1 Å². The molecule has 4 nitrogen and oxygen atoms in total. The summed E-state index contributed by atoms with van der Waals surface area (Å²) in [7, 11) is 0. The second-order valence-electron chi connectivity index (χ2n) is 2.56. The number of aliphatic carboxylic acids is 1. The molecule has 0 saturated heterocycles. The molecule has 1 unspecified atom stereocenters. The summed E-state index contributed by atoms with van der Waals surface area (Å²) in [6, 6.07) is 0. The fraction of sp³-hybridized carbons (Fsp3) is 0.500. The number of nitrogens with one attached hydrogen (secondary N) is 1. The van der Waals surface area contributed by atoms with Crippen LogP contribution in [0.3, 0.4) is 0 Å². The third kappa shape index (κ3) is 2.44. The Bertz CT molecular complexity index is 213. The molecular formula is C6H10N2O2S. The molecule has 4 N–H and O–H groups in total. The molecule has 0 bridgehead atoms. The highest BCUT2D eigenvalue weighted by molar-refractivity contribution is 8.03. The van der Waals surface area contributed by atoms with E-state index in [2.05, 4.69) is 5.32 Å². The van der Waals surface area contributed by atoms with Crippen molar-refractivity contribution in [2.75, 3.05) is 0 Å². The van der Waals surface area contributed by atoms with Gasteiger partial charge in [0, 0.05) is 5.70 Å². The summed E-state index contributed by atoms with van der Waals surface area (Å²) in [5.74, 6) is -0.845. The summed E-state index contributed by atoms with van der Waals surface area (Å²) in [4.78, 5) is 9.70. The molecule has 0 radical (unpaired) electrons. The topological polar surface area (TPSA) is 75.3 Å². The van der Waals surface area contributed by atoms with Crippen molar-refractivity contribution < 1.29 is 9.90 Å². The van der Waals surface area contributed by atoms with Crippen LogP contribution in [0.15, 0.2) is 11.1 Å². The van der Waals surface area contributed by atoms with Crippen molar-refractivity contribution in [1.29, 1.82) is 0 Å². The van der Waals surface area contributed by atoms with Crippen LogP contribution < -0.4 is 11.1 Å². The maximum absolute atomic E-state index is 10.2. The lowest BCUT2D eigenvalue weighted by molar-refractivity contribution is -0.136. The average molecular weight is 174 g/mol. The Morgan fingerprint density at radius 2 is 2.64 bits per heavy atom. The fourth-order valence-corrected chi connectivity index (χ4v) is 1.54. The Hall–Kier alpha value is -0.680. The van der Waals surface area contributed by atoms with Gasteiger partial charge < -0.3 is 16.2 Å². The lowest BCUT2D eigenvalue weighted by atomic mass is 10.3. The van der Waals surface area contributed by atoms with Crippen LogP contribution >= 0.6 is 11.8 Å². The van der Waals surface area contributed by atoms with Crippen LogP contribution in [0, 0.1) is 0 Å². The molecule has 0 saturated carbocycles. The largest absolute Gasteiger partial charge is 0.481 e. The smallest absolute Gasteiger partial charge is 0.309 e. The van der Waals surface area contributed by atoms with Gasteiger partial charge in [-0.05, 0) is 12.3 Å². The maximum atomic E-state index is 10.2. The van der Waals surface area contributed by atoms with Gasteiger partial charge in [0.05, 0.1) is 6.42 Å². The third-order valence-corrected chi connectivity index (χ3v) is 2.19. The number of thioether (sulfide) groups is 1. The molecule has 0 spiro atoms. The van der Waals surface area contributed by atoms with Gasteiger partial charge in [-0.1, -0.05) is 11.8 Å². The quantitative estimate of drug-likeness (QED) is 0.560. The summed E-state index contributed by atoms with van der Waals surface area (Å²) in [5, 5.41) is 13.0. The number of carboxylic acids is 1. The van der Waals surface area contributed by atoms with Gasteiger partial charge in [0.1, 0.15) is 4.99 Å². The third-order valence-electron chi connectivity index (χ3n) is 1.20. The van der Waals surface area contributed by atoms with Crippen molar-refractivity contribution in [3.63, 3.8) is 0 Å². The molecule has 11 heavy (non-hydrogen) atoms. The lowest BCUT2D eigenvalue weighted by Crippen LogP contribution is -2.43. The van der Waals surface area contributed by atoms with Crippen molar-refractivity contribution in [2.45, 2.75) is 18.3 Å². The first-order valence-electron chi connectivity index (χ1n) is 3.15. The second-order valence-corrected chi connectivity index (χ2v) is 3.88. The van der Waals surface area contributed by atoms with Crippen LogP contribution in [0.5, 0.6) is 0 Å². The van der Waals surface area contributed by atoms with Gasteiger partial charge in [0.2, 0.25) is 0 Å². The van der Waals surface area contributed by atoms with Gasteiger partial charge in [-0.3, -0.25) is 4.79 Å². The van der Waals surface area contributed by atoms with Crippen LogP contribution in [0.1, 0.15) is 13.3 Å². The Kier molecular flexibility index (Phi) is 2.10. The van der Waals surface area contributed by atoms with Gasteiger partial charge >= 0.3 is 5.97 Å². The molecule has 0 amide bonds. The molecule has 0 aromatic heterocycles. The van der Waals surface area contributed by atoms with Gasteiger partial charge in [0.15, 0.2) is 0 Å². The maximum Gasteiger partial charge on any atom is 0.309 e. The van der Waals surface area contributed by atoms with Crippen molar-refractivity contribution in [3.05, 3.63) is 11.1 Å². The monoisotopic (exact) mass is 174 g/mol. The summed E-state index contributed by atoms with van der Waals surface area (Å²) < 4.78 is 0. The zero-order valence-electron chi connectivity index (χ0n) is 6.13. The molecule has 0 aliphatic carbocycles. The van der Waals surface area contributed by atoms with Gasteiger partial charge in [0.25, 0.3) is 0 Å². The van der Waals surface area contributed by atoms with E-state index >= 15 is 0 Å². The van der Waals surface area contributed by atoms with E-state index in [4.69, 9.17) is 10.8 Å². The first-order chi connectivity index (χ1) is 4.99. The van der Waals surface area contributed by atoms with Crippen molar-refractivity contribution in [1.82, 2.24) is 5.32 Å². The Balaban J connectivity index is 2.47. The molecule has 62 valence electrons. The number of carboxylic acid groups (broad SMARTS) is 1. The Labute approximate surface area is 68.8 Å². The Morgan fingerprint density at radius 1 is 2.00 bits per heavy atom. The van der Waals surface area contributed by atoms with E-state index in [1.54, 1.807) is 12.3 Å². The number of hydrogen-bond donors (Lipinski definition) is 3. The molecular weight excluding hydrogens is 164 g/mol. The van der Waals surface area contributed by atoms with E-state index in [-0.39, 0.29) is 6.42 Å². The summed E-state index contributed by atoms with van der Waals surface area (Å²) in [6.07, 6.45) is 0.0137. The molecule has 1 aliphatic heterocycles. The van der Waals surface area contributed by atoms with E-state index in [9.17, 15) is 4.79 Å². The summed E-state index contributed by atoms with van der Waals surface area (Å²) >= 11 is 1.39. The number of carbonyl (C=O) groups is 1. The minimum absolute atomic E-state index is 0.0137. The number of nitrogens with two attached hydrogens (primary N) is 1. The van der Waals surface area contributed by atoms with E-state index in [1.807, 2.05) is 0 Å². The predicted molar refractivity (Wildman–Crippen MR) is 43.7 cm³/mol. The highest BCUT2D eigenvalue weighted by Crippen LogP contribution is 2.27. The van der Waals surface area contributed by atoms with Gasteiger partial charge in [-0.15, -0.1) is 0 Å². The van der Waals surface area contributed by atoms with Gasteiger partial charge in [-0.25, -0.2) is 0 Å². The normalized spacial score (nSPS) is 29.5. The van der Waals surface area contributed by atoms with E-state index in [0.29, 0.717) is 5.70 Å². The fourth-order valence-electron chi connectivity index (χ4n) is 0.820. The predicted octanol–water partition coefficient (Wildman–Crippen LogP) is 0.271. The molecule has 0 fully saturated rings. The van der Waals surface area contributed by atoms with E-state index in [0.717, 1.165) is 0 Å². The minimum atomic E-state index is -0.845. The van der Waals surface area contributed by atoms with Crippen molar-refractivity contribution >= 4 is 17.7 Å². The molecule has 1 rings (SSSR count). The van der Waals surface area contributed by atoms with Crippen molar-refractivity contribution in [2.24, 2.45) is 5.73 Å². The average Bonchev–Trinajstić information content (AvgIpc) is 2.08. The molecule has 0 aromatic rings. The van der Waals surface area contributed by atoms with Crippen LogP contribution in [0.4, 0.5) is 0 Å². The molecule has 1 atom stereocenters. The van der Waals surface area contributed by atoms with Gasteiger partial charge in [-0.2, -0.15) is 0 Å². The second kappa shape index (κ2) is 2.75. The highest BCUT2D eigenvalue weighted by Gasteiger charge is 2.25. The number of hydrogen-bond acceptors (Lipinski definition) is 4. The van der Waals surface area contributed by atoms with Crippen LogP contribution in [0.2, 0.25) is 0 Å². The first kappa shape index (κ1) is 8.42. The van der Waals surface area contributed by atoms with E-state index < -0.39 is 11.0 Å². The Morgan fingerprint density at radius 3 is 3.00 bits per heavy atom. The zero-order chi connectivity index (χ0) is 8.48. The van der Waals surface area contributed by atoms with Crippen LogP contribution in [-0.2, 0) is 4.79 Å². The number of rotatable bonds is 2.